The number of carbonyl (C=O) groups excluding carboxylic acids is 2. The molecule has 0 bridgehead atoms. The molecule has 1 aromatic carbocycles. The molecule has 4 rings (SSSR count). The van der Waals surface area contributed by atoms with Gasteiger partial charge in [0.05, 0.1) is 30.2 Å². The number of morpholine rings is 1. The minimum Gasteiger partial charge on any atom is -0.379 e. The summed E-state index contributed by atoms with van der Waals surface area (Å²) in [5.41, 5.74) is 0.145. The second-order valence-corrected chi connectivity index (χ2v) is 12.5. The Balaban J connectivity index is 1.62. The molecule has 2 N–H and O–H groups in total. The van der Waals surface area contributed by atoms with Crippen LogP contribution in [0, 0.1) is 0 Å². The van der Waals surface area contributed by atoms with Gasteiger partial charge in [0, 0.05) is 26.2 Å². The van der Waals surface area contributed by atoms with E-state index in [9.17, 15) is 26.4 Å². The fraction of sp³-hybridized carbons (Fsp3) is 0.400. The number of amides is 2. The maximum Gasteiger partial charge on any atom is 0.253 e. The third-order valence-corrected chi connectivity index (χ3v) is 9.90. The maximum atomic E-state index is 13.4. The number of hydrogen-bond donors (Lipinski definition) is 1. The summed E-state index contributed by atoms with van der Waals surface area (Å²) in [6.07, 6.45) is -0.316. The van der Waals surface area contributed by atoms with Gasteiger partial charge in [0.1, 0.15) is 10.3 Å². The lowest BCUT2D eigenvalue weighted by Gasteiger charge is -2.31. The van der Waals surface area contributed by atoms with Gasteiger partial charge in [0.2, 0.25) is 15.9 Å². The van der Waals surface area contributed by atoms with Crippen LogP contribution in [-0.2, 0) is 34.4 Å². The first-order valence-corrected chi connectivity index (χ1v) is 14.3. The van der Waals surface area contributed by atoms with Crippen LogP contribution in [0.2, 0.25) is 0 Å². The van der Waals surface area contributed by atoms with Crippen LogP contribution in [0.25, 0.3) is 0 Å². The number of hydrogen-bond acceptors (Lipinski definition) is 9. The fourth-order valence-corrected chi connectivity index (χ4v) is 7.14. The van der Waals surface area contributed by atoms with E-state index < -0.39 is 37.9 Å². The van der Waals surface area contributed by atoms with Crippen LogP contribution < -0.4 is 10.0 Å². The molecule has 2 aliphatic rings. The third kappa shape index (κ3) is 5.07. The SMILES string of the molecule is NS(=O)(=O)c1ccc(N2C(=O)CC(N(CCN3CCOCC3)S(=O)(=O)c3cccs3)C2=O)cc1. The molecular weight excluding hydrogens is 504 g/mol. The van der Waals surface area contributed by atoms with E-state index in [0.29, 0.717) is 32.8 Å². The lowest BCUT2D eigenvalue weighted by atomic mass is 10.2. The summed E-state index contributed by atoms with van der Waals surface area (Å²) < 4.78 is 56.4. The quantitative estimate of drug-likeness (QED) is 0.473. The van der Waals surface area contributed by atoms with Gasteiger partial charge in [-0.25, -0.2) is 26.9 Å². The Morgan fingerprint density at radius 1 is 1.06 bits per heavy atom. The van der Waals surface area contributed by atoms with Gasteiger partial charge in [0.25, 0.3) is 15.9 Å². The summed E-state index contributed by atoms with van der Waals surface area (Å²) in [7, 11) is -7.98. The van der Waals surface area contributed by atoms with Crippen LogP contribution in [0.5, 0.6) is 0 Å². The lowest BCUT2D eigenvalue weighted by Crippen LogP contribution is -2.49. The number of ether oxygens (including phenoxy) is 1. The topological polar surface area (TPSA) is 147 Å². The number of anilines is 1. The number of sulfonamides is 2. The standard InChI is InChI=1S/C20H24N4O7S3/c21-33(27,28)16-5-3-15(4-6-16)24-18(25)14-17(20(24)26)23(8-7-22-9-11-31-12-10-22)34(29,30)19-2-1-13-32-19/h1-6,13,17H,7-12,14H2,(H2,21,27,28). The first-order valence-electron chi connectivity index (χ1n) is 10.4. The van der Waals surface area contributed by atoms with Crippen LogP contribution in [0.4, 0.5) is 5.69 Å². The predicted molar refractivity (Wildman–Crippen MR) is 124 cm³/mol. The van der Waals surface area contributed by atoms with Gasteiger partial charge in [0.15, 0.2) is 0 Å². The van der Waals surface area contributed by atoms with Crippen LogP contribution in [0.3, 0.4) is 0 Å². The van der Waals surface area contributed by atoms with Crippen molar-refractivity contribution in [2.24, 2.45) is 5.14 Å². The average Bonchev–Trinajstić information content (AvgIpc) is 3.43. The number of nitrogens with two attached hydrogens (primary N) is 1. The summed E-state index contributed by atoms with van der Waals surface area (Å²) in [5, 5.41) is 6.74. The van der Waals surface area contributed by atoms with Crippen LogP contribution >= 0.6 is 11.3 Å². The molecule has 0 radical (unpaired) electrons. The number of imide groups is 1. The normalized spacial score (nSPS) is 20.4. The lowest BCUT2D eigenvalue weighted by molar-refractivity contribution is -0.122. The van der Waals surface area contributed by atoms with E-state index in [2.05, 4.69) is 0 Å². The molecule has 0 aliphatic carbocycles. The van der Waals surface area contributed by atoms with Gasteiger partial charge >= 0.3 is 0 Å². The minimum atomic E-state index is -4.03. The van der Waals surface area contributed by atoms with Crippen molar-refractivity contribution in [2.75, 3.05) is 44.3 Å². The molecule has 34 heavy (non-hydrogen) atoms. The highest BCUT2D eigenvalue weighted by molar-refractivity contribution is 7.91. The smallest absolute Gasteiger partial charge is 0.253 e. The molecule has 1 unspecified atom stereocenters. The van der Waals surface area contributed by atoms with Gasteiger partial charge < -0.3 is 4.74 Å². The van der Waals surface area contributed by atoms with Gasteiger partial charge in [-0.2, -0.15) is 4.31 Å². The van der Waals surface area contributed by atoms with Crippen LogP contribution in [-0.4, -0.2) is 83.3 Å². The van der Waals surface area contributed by atoms with Crippen molar-refractivity contribution in [3.8, 4) is 0 Å². The van der Waals surface area contributed by atoms with Crippen molar-refractivity contribution in [3.63, 3.8) is 0 Å². The molecule has 2 amide bonds. The molecule has 11 nitrogen and oxygen atoms in total. The summed E-state index contributed by atoms with van der Waals surface area (Å²) in [6, 6.07) is 6.84. The Bertz CT molecular complexity index is 1260. The largest absolute Gasteiger partial charge is 0.379 e. The Morgan fingerprint density at radius 2 is 1.74 bits per heavy atom. The minimum absolute atomic E-state index is 0.0299. The zero-order valence-corrected chi connectivity index (χ0v) is 20.5. The zero-order chi connectivity index (χ0) is 24.5. The Hall–Kier alpha value is -2.20. The second kappa shape index (κ2) is 9.81. The number of rotatable bonds is 8. The molecule has 2 aromatic rings. The molecule has 2 aliphatic heterocycles. The molecule has 2 saturated heterocycles. The third-order valence-electron chi connectivity index (χ3n) is 5.69. The van der Waals surface area contributed by atoms with Crippen LogP contribution in [0.1, 0.15) is 6.42 Å². The van der Waals surface area contributed by atoms with E-state index in [1.165, 1.54) is 30.3 Å². The summed E-state index contributed by atoms with van der Waals surface area (Å²) in [5.74, 6) is -1.26. The molecular formula is C20H24N4O7S3. The maximum absolute atomic E-state index is 13.4. The number of primary sulfonamides is 1. The van der Waals surface area contributed by atoms with Crippen molar-refractivity contribution < 1.29 is 31.2 Å². The highest BCUT2D eigenvalue weighted by Crippen LogP contribution is 2.31. The molecule has 1 atom stereocenters. The first kappa shape index (κ1) is 24.9. The fourth-order valence-electron chi connectivity index (χ4n) is 3.93. The van der Waals surface area contributed by atoms with E-state index in [0.717, 1.165) is 20.5 Å². The first-order chi connectivity index (χ1) is 16.1. The van der Waals surface area contributed by atoms with Crippen molar-refractivity contribution in [3.05, 3.63) is 41.8 Å². The number of nitrogens with zero attached hydrogens (tertiary/aromatic N) is 3. The predicted octanol–water partition coefficient (Wildman–Crippen LogP) is 0.0505. The van der Waals surface area contributed by atoms with Crippen molar-refractivity contribution in [2.45, 2.75) is 21.6 Å². The van der Waals surface area contributed by atoms with E-state index in [1.54, 1.807) is 11.4 Å². The molecule has 14 heteroatoms. The summed E-state index contributed by atoms with van der Waals surface area (Å²) >= 11 is 1.04. The van der Waals surface area contributed by atoms with Crippen LogP contribution in [0.15, 0.2) is 50.9 Å². The average molecular weight is 529 g/mol. The van der Waals surface area contributed by atoms with E-state index in [1.807, 2.05) is 4.90 Å². The molecule has 1 aromatic heterocycles. The van der Waals surface area contributed by atoms with E-state index >= 15 is 0 Å². The van der Waals surface area contributed by atoms with Crippen molar-refractivity contribution in [1.82, 2.24) is 9.21 Å². The highest BCUT2D eigenvalue weighted by Gasteiger charge is 2.47. The number of carbonyl (C=O) groups is 2. The Labute approximate surface area is 201 Å². The van der Waals surface area contributed by atoms with Gasteiger partial charge in [-0.1, -0.05) is 6.07 Å². The summed E-state index contributed by atoms with van der Waals surface area (Å²) in [6.45, 7) is 2.79. The molecule has 0 spiro atoms. The Morgan fingerprint density at radius 3 is 2.32 bits per heavy atom. The zero-order valence-electron chi connectivity index (χ0n) is 18.1. The van der Waals surface area contributed by atoms with E-state index in [-0.39, 0.29) is 27.8 Å². The second-order valence-electron chi connectivity index (χ2n) is 7.83. The monoisotopic (exact) mass is 528 g/mol. The molecule has 184 valence electrons. The highest BCUT2D eigenvalue weighted by atomic mass is 32.2. The Kier molecular flexibility index (Phi) is 7.19. The van der Waals surface area contributed by atoms with Crippen molar-refractivity contribution in [1.29, 1.82) is 0 Å². The molecule has 0 saturated carbocycles. The van der Waals surface area contributed by atoms with Gasteiger partial charge in [-0.3, -0.25) is 14.5 Å². The summed E-state index contributed by atoms with van der Waals surface area (Å²) in [4.78, 5) is 28.9. The van der Waals surface area contributed by atoms with E-state index in [4.69, 9.17) is 9.88 Å². The number of benzene rings is 1. The van der Waals surface area contributed by atoms with Gasteiger partial charge in [-0.15, -0.1) is 11.3 Å². The van der Waals surface area contributed by atoms with Gasteiger partial charge in [-0.05, 0) is 35.7 Å². The molecule has 3 heterocycles. The molecule has 2 fully saturated rings. The number of thiophene rings is 1. The van der Waals surface area contributed by atoms with Crippen molar-refractivity contribution >= 4 is 48.9 Å².